The second-order valence-electron chi connectivity index (χ2n) is 10.7. The molecule has 1 fully saturated rings. The molecule has 1 aliphatic carbocycles. The van der Waals surface area contributed by atoms with E-state index in [9.17, 15) is 9.59 Å². The van der Waals surface area contributed by atoms with Gasteiger partial charge in [-0.1, -0.05) is 19.9 Å². The van der Waals surface area contributed by atoms with E-state index >= 15 is 0 Å². The third-order valence-corrected chi connectivity index (χ3v) is 8.09. The van der Waals surface area contributed by atoms with Crippen molar-refractivity contribution in [2.45, 2.75) is 52.4 Å². The van der Waals surface area contributed by atoms with Crippen LogP contribution >= 0.6 is 15.9 Å². The first-order valence-electron chi connectivity index (χ1n) is 13.8. The zero-order valence-electron chi connectivity index (χ0n) is 24.7. The summed E-state index contributed by atoms with van der Waals surface area (Å²) in [6.07, 6.45) is 0.877. The third-order valence-electron chi connectivity index (χ3n) is 7.50. The summed E-state index contributed by atoms with van der Waals surface area (Å²) in [5.41, 5.74) is 3.45. The Morgan fingerprint density at radius 2 is 1.68 bits per heavy atom. The molecule has 4 rings (SSSR count). The number of carbonyl (C=O) groups is 2. The molecule has 0 saturated heterocycles. The number of ketones is 1. The van der Waals surface area contributed by atoms with Gasteiger partial charge in [-0.15, -0.1) is 0 Å². The number of benzene rings is 2. The van der Waals surface area contributed by atoms with Gasteiger partial charge in [0.15, 0.2) is 23.0 Å². The second kappa shape index (κ2) is 13.1. The monoisotopic (exact) mass is 627 g/mol. The highest BCUT2D eigenvalue weighted by atomic mass is 79.9. The van der Waals surface area contributed by atoms with Crippen molar-refractivity contribution in [3.05, 3.63) is 57.2 Å². The fraction of sp³-hybridized carbons (Fsp3) is 0.469. The molecule has 2 aromatic carbocycles. The predicted molar refractivity (Wildman–Crippen MR) is 161 cm³/mol. The van der Waals surface area contributed by atoms with Gasteiger partial charge in [0, 0.05) is 23.7 Å². The summed E-state index contributed by atoms with van der Waals surface area (Å²) in [6, 6.07) is 9.49. The quantitative estimate of drug-likeness (QED) is 0.272. The molecule has 1 aliphatic heterocycles. The van der Waals surface area contributed by atoms with E-state index in [0.29, 0.717) is 58.2 Å². The molecule has 0 bridgehead atoms. The van der Waals surface area contributed by atoms with Gasteiger partial charge in [0.1, 0.15) is 5.78 Å². The third kappa shape index (κ3) is 6.30. The number of fused-ring (bicyclic) bond motifs is 1. The van der Waals surface area contributed by atoms with Crippen LogP contribution in [0.4, 0.5) is 0 Å². The maximum Gasteiger partial charge on any atom is 0.336 e. The van der Waals surface area contributed by atoms with E-state index < -0.39 is 17.8 Å². The van der Waals surface area contributed by atoms with Crippen molar-refractivity contribution < 1.29 is 33.3 Å². The SMILES string of the molecule is CCOc1cc([C@@H]2C(C(=O)OCC(C)C)=C(C)N=C3C[C@H](c4ccc(OC)c(OC)c4)CC(=O)C32)cc(Br)c1OC. The van der Waals surface area contributed by atoms with E-state index in [1.165, 1.54) is 0 Å². The molecule has 0 aromatic heterocycles. The number of allylic oxidation sites excluding steroid dienone is 1. The van der Waals surface area contributed by atoms with Crippen LogP contribution in [0.1, 0.15) is 63.5 Å². The van der Waals surface area contributed by atoms with Gasteiger partial charge in [-0.3, -0.25) is 9.79 Å². The fourth-order valence-corrected chi connectivity index (χ4v) is 6.31. The van der Waals surface area contributed by atoms with Crippen LogP contribution in [0.5, 0.6) is 23.0 Å². The number of carbonyl (C=O) groups excluding carboxylic acids is 2. The van der Waals surface area contributed by atoms with Crippen molar-refractivity contribution in [1.29, 1.82) is 0 Å². The molecule has 0 amide bonds. The maximum atomic E-state index is 14.1. The first kappa shape index (κ1) is 30.6. The Bertz CT molecular complexity index is 1380. The molecule has 2 aromatic rings. The van der Waals surface area contributed by atoms with Crippen LogP contribution in [0.15, 0.2) is 51.1 Å². The average Bonchev–Trinajstić information content (AvgIpc) is 2.94. The molecule has 1 saturated carbocycles. The molecule has 41 heavy (non-hydrogen) atoms. The van der Waals surface area contributed by atoms with Crippen molar-refractivity contribution in [2.24, 2.45) is 16.8 Å². The first-order chi connectivity index (χ1) is 19.6. The Morgan fingerprint density at radius 1 is 0.976 bits per heavy atom. The highest BCUT2D eigenvalue weighted by Gasteiger charge is 2.46. The van der Waals surface area contributed by atoms with Gasteiger partial charge in [0.2, 0.25) is 0 Å². The zero-order valence-corrected chi connectivity index (χ0v) is 26.3. The maximum absolute atomic E-state index is 14.1. The van der Waals surface area contributed by atoms with E-state index in [1.54, 1.807) is 21.3 Å². The van der Waals surface area contributed by atoms with Gasteiger partial charge in [-0.05, 0) is 83.4 Å². The lowest BCUT2D eigenvalue weighted by molar-refractivity contribution is -0.140. The standard InChI is InChI=1S/C32H38BrNO7/c1-8-40-27-15-21(11-22(33)31(27)39-7)29-28(32(36)41-16-17(2)3)18(4)34-23-12-20(13-24(35)30(23)29)19-9-10-25(37-5)26(14-19)38-6/h9-11,14-15,17,20,29-30H,8,12-13,16H2,1-7H3/t20-,29+,30?/m0/s1. The number of ether oxygens (including phenoxy) is 5. The lowest BCUT2D eigenvalue weighted by atomic mass is 9.66. The molecule has 0 N–H and O–H groups in total. The van der Waals surface area contributed by atoms with Crippen molar-refractivity contribution in [1.82, 2.24) is 0 Å². The highest BCUT2D eigenvalue weighted by molar-refractivity contribution is 9.10. The van der Waals surface area contributed by atoms with E-state index in [0.717, 1.165) is 16.8 Å². The number of esters is 1. The molecular formula is C32H38BrNO7. The smallest absolute Gasteiger partial charge is 0.336 e. The Hall–Kier alpha value is -3.33. The number of halogens is 1. The molecule has 0 radical (unpaired) electrons. The van der Waals surface area contributed by atoms with Crippen LogP contribution in [0.25, 0.3) is 0 Å². The Balaban J connectivity index is 1.82. The van der Waals surface area contributed by atoms with Crippen LogP contribution in [0.2, 0.25) is 0 Å². The highest BCUT2D eigenvalue weighted by Crippen LogP contribution is 2.49. The molecule has 8 nitrogen and oxygen atoms in total. The summed E-state index contributed by atoms with van der Waals surface area (Å²) in [6.45, 7) is 8.37. The number of hydrogen-bond acceptors (Lipinski definition) is 8. The van der Waals surface area contributed by atoms with Crippen molar-refractivity contribution in [2.75, 3.05) is 34.5 Å². The Labute approximate surface area is 250 Å². The number of methoxy groups -OCH3 is 3. The molecule has 3 atom stereocenters. The van der Waals surface area contributed by atoms with Gasteiger partial charge >= 0.3 is 5.97 Å². The van der Waals surface area contributed by atoms with Crippen LogP contribution < -0.4 is 18.9 Å². The summed E-state index contributed by atoms with van der Waals surface area (Å²) in [7, 11) is 4.76. The minimum absolute atomic E-state index is 0.0198. The summed E-state index contributed by atoms with van der Waals surface area (Å²) >= 11 is 3.61. The van der Waals surface area contributed by atoms with Crippen molar-refractivity contribution in [3.63, 3.8) is 0 Å². The molecule has 2 aliphatic rings. The van der Waals surface area contributed by atoms with Gasteiger partial charge in [-0.2, -0.15) is 0 Å². The van der Waals surface area contributed by atoms with Crippen LogP contribution in [-0.2, 0) is 14.3 Å². The van der Waals surface area contributed by atoms with Gasteiger partial charge in [0.25, 0.3) is 0 Å². The zero-order chi connectivity index (χ0) is 29.8. The van der Waals surface area contributed by atoms with Gasteiger partial charge in [0.05, 0.1) is 50.5 Å². The number of rotatable bonds is 10. The van der Waals surface area contributed by atoms with Crippen molar-refractivity contribution >= 4 is 33.4 Å². The van der Waals surface area contributed by atoms with Crippen LogP contribution in [0, 0.1) is 11.8 Å². The molecule has 1 unspecified atom stereocenters. The summed E-state index contributed by atoms with van der Waals surface area (Å²) in [5.74, 6) is 0.784. The molecule has 9 heteroatoms. The normalized spacial score (nSPS) is 20.4. The van der Waals surface area contributed by atoms with Gasteiger partial charge < -0.3 is 23.7 Å². The lowest BCUT2D eigenvalue weighted by Crippen LogP contribution is -2.41. The number of Topliss-reactive ketones (excluding diaryl/α,β-unsaturated/α-hetero) is 1. The van der Waals surface area contributed by atoms with Crippen LogP contribution in [0.3, 0.4) is 0 Å². The van der Waals surface area contributed by atoms with Gasteiger partial charge in [-0.25, -0.2) is 4.79 Å². The first-order valence-corrected chi connectivity index (χ1v) is 14.6. The molecule has 0 spiro atoms. The molecule has 220 valence electrons. The summed E-state index contributed by atoms with van der Waals surface area (Å²) in [4.78, 5) is 32.5. The summed E-state index contributed by atoms with van der Waals surface area (Å²) < 4.78 is 28.7. The second-order valence-corrected chi connectivity index (χ2v) is 11.6. The number of aliphatic imine (C=N–C) groups is 1. The molecular weight excluding hydrogens is 590 g/mol. The van der Waals surface area contributed by atoms with E-state index in [2.05, 4.69) is 15.9 Å². The fourth-order valence-electron chi connectivity index (χ4n) is 5.69. The topological polar surface area (TPSA) is 92.7 Å². The van der Waals surface area contributed by atoms with Crippen molar-refractivity contribution in [3.8, 4) is 23.0 Å². The minimum atomic E-state index is -0.605. The predicted octanol–water partition coefficient (Wildman–Crippen LogP) is 6.65. The van der Waals surface area contributed by atoms with E-state index in [4.69, 9.17) is 28.7 Å². The lowest BCUT2D eigenvalue weighted by Gasteiger charge is -2.38. The van der Waals surface area contributed by atoms with Crippen LogP contribution in [-0.4, -0.2) is 52.0 Å². The largest absolute Gasteiger partial charge is 0.493 e. The van der Waals surface area contributed by atoms with E-state index in [1.807, 2.05) is 58.0 Å². The Morgan fingerprint density at radius 3 is 2.32 bits per heavy atom. The Kier molecular flexibility index (Phi) is 9.79. The number of hydrogen-bond donors (Lipinski definition) is 0. The molecule has 1 heterocycles. The average molecular weight is 629 g/mol. The minimum Gasteiger partial charge on any atom is -0.493 e. The summed E-state index contributed by atoms with van der Waals surface area (Å²) in [5, 5.41) is 0. The van der Waals surface area contributed by atoms with E-state index in [-0.39, 0.29) is 24.2 Å². The number of nitrogens with zero attached hydrogens (tertiary/aromatic N) is 1.